The van der Waals surface area contributed by atoms with Crippen molar-refractivity contribution in [1.29, 1.82) is 0 Å². The fourth-order valence-electron chi connectivity index (χ4n) is 3.88. The van der Waals surface area contributed by atoms with Crippen LogP contribution in [-0.2, 0) is 9.53 Å². The number of carbonyl (C=O) groups excluding carboxylic acids is 2. The van der Waals surface area contributed by atoms with Gasteiger partial charge in [-0.15, -0.1) is 0 Å². The highest BCUT2D eigenvalue weighted by atomic mass is 16.6. The maximum Gasteiger partial charge on any atom is 0.404 e. The second-order valence-electron chi connectivity index (χ2n) is 7.15. The van der Waals surface area contributed by atoms with E-state index in [1.807, 2.05) is 26.0 Å². The zero-order chi connectivity index (χ0) is 15.6. The lowest BCUT2D eigenvalue weighted by molar-refractivity contribution is -0.900. The number of nitrogens with zero attached hydrogens (tertiary/aromatic N) is 2. The molecule has 2 aliphatic rings. The van der Waals surface area contributed by atoms with Crippen LogP contribution in [0.25, 0.3) is 0 Å². The number of rotatable bonds is 3. The Morgan fingerprint density at radius 2 is 1.71 bits per heavy atom. The van der Waals surface area contributed by atoms with Crippen molar-refractivity contribution in [3.05, 3.63) is 0 Å². The van der Waals surface area contributed by atoms with Gasteiger partial charge in [0.25, 0.3) is 0 Å². The van der Waals surface area contributed by atoms with Gasteiger partial charge in [0.05, 0.1) is 27.1 Å². The molecule has 2 N–H and O–H groups in total. The number of hydrogen-bond donors (Lipinski definition) is 1. The molecule has 21 heavy (non-hydrogen) atoms. The molecule has 3 atom stereocenters. The maximum absolute atomic E-state index is 12.8. The molecule has 1 saturated carbocycles. The van der Waals surface area contributed by atoms with Crippen molar-refractivity contribution in [1.82, 2.24) is 4.90 Å². The molecule has 1 aliphatic carbocycles. The van der Waals surface area contributed by atoms with Crippen molar-refractivity contribution in [3.63, 3.8) is 0 Å². The number of amides is 2. The SMILES string of the molecule is C[N+](C)(C)C1C(OC(N)=O)CCC1C(=O)N1CCCCC1. The van der Waals surface area contributed by atoms with Gasteiger partial charge >= 0.3 is 6.09 Å². The van der Waals surface area contributed by atoms with E-state index in [-0.39, 0.29) is 24.0 Å². The number of likely N-dealkylation sites (N-methyl/N-ethyl adjacent to an activating group) is 1. The molecule has 0 bridgehead atoms. The number of likely N-dealkylation sites (tertiary alicyclic amines) is 1. The summed E-state index contributed by atoms with van der Waals surface area (Å²) in [4.78, 5) is 25.9. The third-order valence-corrected chi connectivity index (χ3v) is 4.70. The summed E-state index contributed by atoms with van der Waals surface area (Å²) in [5.41, 5.74) is 5.18. The van der Waals surface area contributed by atoms with Crippen LogP contribution < -0.4 is 5.73 Å². The lowest BCUT2D eigenvalue weighted by atomic mass is 9.97. The summed E-state index contributed by atoms with van der Waals surface area (Å²) >= 11 is 0. The summed E-state index contributed by atoms with van der Waals surface area (Å²) in [7, 11) is 6.14. The number of hydrogen-bond acceptors (Lipinski definition) is 3. The second kappa shape index (κ2) is 6.22. The van der Waals surface area contributed by atoms with Crippen LogP contribution in [0.5, 0.6) is 0 Å². The van der Waals surface area contributed by atoms with E-state index in [1.165, 1.54) is 6.42 Å². The minimum Gasteiger partial charge on any atom is -0.440 e. The summed E-state index contributed by atoms with van der Waals surface area (Å²) in [6, 6.07) is -0.0214. The van der Waals surface area contributed by atoms with E-state index in [4.69, 9.17) is 10.5 Å². The Balaban J connectivity index is 2.13. The summed E-state index contributed by atoms with van der Waals surface area (Å²) < 4.78 is 5.87. The lowest BCUT2D eigenvalue weighted by Gasteiger charge is -2.39. The predicted molar refractivity (Wildman–Crippen MR) is 79.4 cm³/mol. The molecule has 0 radical (unpaired) electrons. The highest BCUT2D eigenvalue weighted by Crippen LogP contribution is 2.35. The Bertz CT molecular complexity index is 399. The summed E-state index contributed by atoms with van der Waals surface area (Å²) in [5, 5.41) is 0. The third-order valence-electron chi connectivity index (χ3n) is 4.70. The van der Waals surface area contributed by atoms with Gasteiger partial charge in [-0.1, -0.05) is 0 Å². The highest BCUT2D eigenvalue weighted by Gasteiger charge is 2.50. The zero-order valence-corrected chi connectivity index (χ0v) is 13.4. The average molecular weight is 298 g/mol. The Kier molecular flexibility index (Phi) is 4.76. The van der Waals surface area contributed by atoms with Crippen LogP contribution >= 0.6 is 0 Å². The molecule has 0 aromatic carbocycles. The number of piperidine rings is 1. The van der Waals surface area contributed by atoms with Crippen molar-refractivity contribution in [2.75, 3.05) is 34.2 Å². The van der Waals surface area contributed by atoms with Gasteiger partial charge in [0.15, 0.2) is 6.10 Å². The molecule has 0 aromatic rings. The van der Waals surface area contributed by atoms with Crippen LogP contribution in [0, 0.1) is 5.92 Å². The van der Waals surface area contributed by atoms with E-state index in [9.17, 15) is 9.59 Å². The minimum atomic E-state index is -0.746. The fourth-order valence-corrected chi connectivity index (χ4v) is 3.88. The molecule has 120 valence electrons. The molecule has 1 heterocycles. The maximum atomic E-state index is 12.8. The molecule has 0 aromatic heterocycles. The second-order valence-corrected chi connectivity index (χ2v) is 7.15. The van der Waals surface area contributed by atoms with Crippen LogP contribution in [0.4, 0.5) is 4.79 Å². The zero-order valence-electron chi connectivity index (χ0n) is 13.4. The summed E-state index contributed by atoms with van der Waals surface area (Å²) in [6.07, 6.45) is 3.87. The van der Waals surface area contributed by atoms with Gasteiger partial charge in [0.1, 0.15) is 6.04 Å². The van der Waals surface area contributed by atoms with Crippen LogP contribution in [0.3, 0.4) is 0 Å². The van der Waals surface area contributed by atoms with Gasteiger partial charge in [-0.05, 0) is 32.1 Å². The van der Waals surface area contributed by atoms with E-state index in [2.05, 4.69) is 0 Å². The van der Waals surface area contributed by atoms with E-state index in [1.54, 1.807) is 0 Å². The lowest BCUT2D eigenvalue weighted by Crippen LogP contribution is -2.57. The first-order valence-electron chi connectivity index (χ1n) is 7.86. The van der Waals surface area contributed by atoms with Crippen LogP contribution in [0.1, 0.15) is 32.1 Å². The molecule has 6 heteroatoms. The quantitative estimate of drug-likeness (QED) is 0.788. The van der Waals surface area contributed by atoms with Gasteiger partial charge in [-0.25, -0.2) is 4.79 Å². The Morgan fingerprint density at radius 3 is 2.24 bits per heavy atom. The standard InChI is InChI=1S/C15H27N3O3/c1-18(2,3)13-11(7-8-12(13)21-15(16)20)14(19)17-9-5-4-6-10-17/h11-13H,4-10H2,1-3H3,(H-,16,20)/p+1. The molecule has 3 unspecified atom stereocenters. The number of quaternary nitrogens is 1. The number of nitrogens with two attached hydrogens (primary N) is 1. The van der Waals surface area contributed by atoms with Gasteiger partial charge in [0, 0.05) is 13.1 Å². The summed E-state index contributed by atoms with van der Waals surface area (Å²) in [6.45, 7) is 1.72. The number of primary amides is 1. The van der Waals surface area contributed by atoms with Gasteiger partial charge < -0.3 is 19.9 Å². The first kappa shape index (κ1) is 16.1. The normalized spacial score (nSPS) is 30.2. The smallest absolute Gasteiger partial charge is 0.404 e. The van der Waals surface area contributed by atoms with Gasteiger partial charge in [-0.3, -0.25) is 4.79 Å². The molecule has 2 rings (SSSR count). The van der Waals surface area contributed by atoms with E-state index in [0.717, 1.165) is 32.4 Å². The van der Waals surface area contributed by atoms with Crippen LogP contribution in [0.15, 0.2) is 0 Å². The van der Waals surface area contributed by atoms with Crippen LogP contribution in [-0.4, -0.2) is 67.8 Å². The van der Waals surface area contributed by atoms with E-state index < -0.39 is 6.09 Å². The molecule has 6 nitrogen and oxygen atoms in total. The van der Waals surface area contributed by atoms with Gasteiger partial charge in [0.2, 0.25) is 5.91 Å². The van der Waals surface area contributed by atoms with Crippen molar-refractivity contribution in [3.8, 4) is 0 Å². The highest BCUT2D eigenvalue weighted by molar-refractivity contribution is 5.80. The molecule has 2 fully saturated rings. The molecule has 1 aliphatic heterocycles. The minimum absolute atomic E-state index is 0.0214. The third kappa shape index (κ3) is 3.67. The van der Waals surface area contributed by atoms with Crippen molar-refractivity contribution < 1.29 is 18.8 Å². The summed E-state index contributed by atoms with van der Waals surface area (Å²) in [5.74, 6) is 0.149. The Hall–Kier alpha value is -1.30. The fraction of sp³-hybridized carbons (Fsp3) is 0.867. The van der Waals surface area contributed by atoms with Crippen molar-refractivity contribution >= 4 is 12.0 Å². The van der Waals surface area contributed by atoms with Crippen LogP contribution in [0.2, 0.25) is 0 Å². The van der Waals surface area contributed by atoms with Crippen molar-refractivity contribution in [2.24, 2.45) is 11.7 Å². The molecular weight excluding hydrogens is 270 g/mol. The first-order valence-corrected chi connectivity index (χ1v) is 7.86. The molecule has 1 saturated heterocycles. The van der Waals surface area contributed by atoms with E-state index >= 15 is 0 Å². The van der Waals surface area contributed by atoms with Gasteiger partial charge in [-0.2, -0.15) is 0 Å². The molecule has 2 amide bonds. The molecule has 0 spiro atoms. The first-order chi connectivity index (χ1) is 9.80. The predicted octanol–water partition coefficient (Wildman–Crippen LogP) is 0.948. The average Bonchev–Trinajstić information content (AvgIpc) is 2.81. The molecular formula is C15H28N3O3+. The monoisotopic (exact) mass is 298 g/mol. The Morgan fingerprint density at radius 1 is 1.10 bits per heavy atom. The topological polar surface area (TPSA) is 72.6 Å². The van der Waals surface area contributed by atoms with E-state index in [0.29, 0.717) is 10.9 Å². The number of ether oxygens (including phenoxy) is 1. The largest absolute Gasteiger partial charge is 0.440 e. The Labute approximate surface area is 126 Å². The van der Waals surface area contributed by atoms with Crippen molar-refractivity contribution in [2.45, 2.75) is 44.2 Å². The number of carbonyl (C=O) groups is 2.